The summed E-state index contributed by atoms with van der Waals surface area (Å²) >= 11 is 1.65. The van der Waals surface area contributed by atoms with Gasteiger partial charge in [-0.05, 0) is 11.6 Å². The summed E-state index contributed by atoms with van der Waals surface area (Å²) in [4.78, 5) is 13.6. The van der Waals surface area contributed by atoms with Crippen molar-refractivity contribution in [1.29, 1.82) is 5.26 Å². The third-order valence-electron chi connectivity index (χ3n) is 3.13. The lowest BCUT2D eigenvalue weighted by molar-refractivity contribution is 0.0874. The van der Waals surface area contributed by atoms with Crippen LogP contribution >= 0.6 is 11.8 Å². The molecule has 0 unspecified atom stereocenters. The van der Waals surface area contributed by atoms with Crippen LogP contribution in [-0.2, 0) is 0 Å². The molecule has 3 rings (SSSR count). The standard InChI is InChI=1S/C13H10N4OS/c14-5-8-6-16-17(12(8)15)13(18)10-7-19-11-4-2-1-3-9(10)11/h1-4,6,10H,7,15H2/t10-/m0/s1. The summed E-state index contributed by atoms with van der Waals surface area (Å²) in [6.07, 6.45) is 1.32. The van der Waals surface area contributed by atoms with E-state index in [1.807, 2.05) is 30.3 Å². The van der Waals surface area contributed by atoms with Crippen LogP contribution in [0.1, 0.15) is 21.8 Å². The van der Waals surface area contributed by atoms with Crippen molar-refractivity contribution in [2.24, 2.45) is 0 Å². The Bertz CT molecular complexity index is 701. The molecule has 5 nitrogen and oxygen atoms in total. The van der Waals surface area contributed by atoms with Crippen molar-refractivity contribution >= 4 is 23.5 Å². The fourth-order valence-corrected chi connectivity index (χ4v) is 3.35. The van der Waals surface area contributed by atoms with Gasteiger partial charge in [-0.25, -0.2) is 0 Å². The second kappa shape index (κ2) is 4.44. The Balaban J connectivity index is 1.98. The number of carbonyl (C=O) groups excluding carboxylic acids is 1. The van der Waals surface area contributed by atoms with E-state index in [1.165, 1.54) is 6.20 Å². The van der Waals surface area contributed by atoms with Crippen molar-refractivity contribution in [2.75, 3.05) is 11.5 Å². The van der Waals surface area contributed by atoms with Crippen molar-refractivity contribution in [1.82, 2.24) is 9.78 Å². The highest BCUT2D eigenvalue weighted by Crippen LogP contribution is 2.40. The predicted octanol–water partition coefficient (Wildman–Crippen LogP) is 1.87. The van der Waals surface area contributed by atoms with Gasteiger partial charge in [-0.2, -0.15) is 15.0 Å². The second-order valence-electron chi connectivity index (χ2n) is 4.21. The van der Waals surface area contributed by atoms with Gasteiger partial charge in [0.05, 0.1) is 12.1 Å². The number of nitrogens with two attached hydrogens (primary N) is 1. The summed E-state index contributed by atoms with van der Waals surface area (Å²) in [6.45, 7) is 0. The van der Waals surface area contributed by atoms with Gasteiger partial charge in [0.1, 0.15) is 17.5 Å². The molecule has 6 heteroatoms. The van der Waals surface area contributed by atoms with Gasteiger partial charge >= 0.3 is 0 Å². The van der Waals surface area contributed by atoms with E-state index < -0.39 is 0 Å². The molecular formula is C13H10N4OS. The molecule has 94 valence electrons. The maximum absolute atomic E-state index is 12.5. The smallest absolute Gasteiger partial charge is 0.257 e. The Labute approximate surface area is 114 Å². The van der Waals surface area contributed by atoms with Crippen LogP contribution in [-0.4, -0.2) is 21.4 Å². The summed E-state index contributed by atoms with van der Waals surface area (Å²) in [5.41, 5.74) is 6.99. The zero-order valence-electron chi connectivity index (χ0n) is 9.91. The van der Waals surface area contributed by atoms with Crippen LogP contribution in [0.5, 0.6) is 0 Å². The van der Waals surface area contributed by atoms with Crippen molar-refractivity contribution in [3.63, 3.8) is 0 Å². The Hall–Kier alpha value is -2.26. The SMILES string of the molecule is N#Cc1cnn(C(=O)[C@H]2CSc3ccccc32)c1N. The minimum absolute atomic E-state index is 0.113. The molecule has 2 N–H and O–H groups in total. The first-order valence-electron chi connectivity index (χ1n) is 5.72. The molecule has 0 saturated carbocycles. The molecule has 0 fully saturated rings. The predicted molar refractivity (Wildman–Crippen MR) is 71.9 cm³/mol. The van der Waals surface area contributed by atoms with Crippen molar-refractivity contribution in [3.05, 3.63) is 41.6 Å². The molecule has 1 aromatic carbocycles. The molecule has 0 bridgehead atoms. The molecule has 1 aromatic heterocycles. The number of aromatic nitrogens is 2. The molecule has 1 aliphatic heterocycles. The van der Waals surface area contributed by atoms with E-state index in [9.17, 15) is 4.79 Å². The average Bonchev–Trinajstić information content (AvgIpc) is 3.01. The highest BCUT2D eigenvalue weighted by atomic mass is 32.2. The van der Waals surface area contributed by atoms with Crippen molar-refractivity contribution in [2.45, 2.75) is 10.8 Å². The minimum Gasteiger partial charge on any atom is -0.382 e. The Morgan fingerprint density at radius 1 is 1.53 bits per heavy atom. The Morgan fingerprint density at radius 2 is 2.32 bits per heavy atom. The number of rotatable bonds is 1. The zero-order valence-corrected chi connectivity index (χ0v) is 10.7. The van der Waals surface area contributed by atoms with E-state index in [0.29, 0.717) is 5.75 Å². The van der Waals surface area contributed by atoms with Gasteiger partial charge in [0.15, 0.2) is 0 Å². The van der Waals surface area contributed by atoms with Crippen LogP contribution in [0, 0.1) is 11.3 Å². The summed E-state index contributed by atoms with van der Waals surface area (Å²) in [7, 11) is 0. The number of carbonyl (C=O) groups is 1. The summed E-state index contributed by atoms with van der Waals surface area (Å²) in [5, 5.41) is 12.8. The Morgan fingerprint density at radius 3 is 3.05 bits per heavy atom. The molecule has 1 aliphatic rings. The van der Waals surface area contributed by atoms with E-state index in [2.05, 4.69) is 5.10 Å². The van der Waals surface area contributed by atoms with Crippen LogP contribution in [0.3, 0.4) is 0 Å². The molecule has 1 atom stereocenters. The van der Waals surface area contributed by atoms with Crippen LogP contribution in [0.2, 0.25) is 0 Å². The normalized spacial score (nSPS) is 16.9. The molecule has 0 spiro atoms. The van der Waals surface area contributed by atoms with E-state index >= 15 is 0 Å². The lowest BCUT2D eigenvalue weighted by Crippen LogP contribution is -2.22. The third-order valence-corrected chi connectivity index (χ3v) is 4.32. The number of hydrogen-bond donors (Lipinski definition) is 1. The monoisotopic (exact) mass is 270 g/mol. The quantitative estimate of drug-likeness (QED) is 0.855. The van der Waals surface area contributed by atoms with E-state index in [0.717, 1.165) is 15.1 Å². The number of nitriles is 1. The van der Waals surface area contributed by atoms with E-state index in [-0.39, 0.29) is 23.2 Å². The van der Waals surface area contributed by atoms with Crippen LogP contribution in [0.15, 0.2) is 35.4 Å². The molecule has 2 heterocycles. The van der Waals surface area contributed by atoms with Gasteiger partial charge in [-0.3, -0.25) is 4.79 Å². The number of anilines is 1. The summed E-state index contributed by atoms with van der Waals surface area (Å²) < 4.78 is 1.13. The van der Waals surface area contributed by atoms with Crippen LogP contribution < -0.4 is 5.73 Å². The van der Waals surface area contributed by atoms with Gasteiger partial charge in [0.25, 0.3) is 5.91 Å². The number of hydrogen-bond acceptors (Lipinski definition) is 5. The van der Waals surface area contributed by atoms with Gasteiger partial charge in [0, 0.05) is 10.6 Å². The fraction of sp³-hybridized carbons (Fsp3) is 0.154. The molecule has 19 heavy (non-hydrogen) atoms. The van der Waals surface area contributed by atoms with Crippen LogP contribution in [0.4, 0.5) is 5.82 Å². The number of benzene rings is 1. The molecule has 2 aromatic rings. The summed E-state index contributed by atoms with van der Waals surface area (Å²) in [6, 6.07) is 9.73. The topological polar surface area (TPSA) is 84.7 Å². The van der Waals surface area contributed by atoms with Gasteiger partial charge < -0.3 is 5.73 Å². The van der Waals surface area contributed by atoms with E-state index in [4.69, 9.17) is 11.0 Å². The van der Waals surface area contributed by atoms with Crippen LogP contribution in [0.25, 0.3) is 0 Å². The average molecular weight is 270 g/mol. The lowest BCUT2D eigenvalue weighted by Gasteiger charge is -2.10. The largest absolute Gasteiger partial charge is 0.382 e. The first-order chi connectivity index (χ1) is 9.22. The first kappa shape index (κ1) is 11.8. The van der Waals surface area contributed by atoms with E-state index in [1.54, 1.807) is 11.8 Å². The summed E-state index contributed by atoms with van der Waals surface area (Å²) in [5.74, 6) is 0.354. The maximum Gasteiger partial charge on any atom is 0.257 e. The number of nitrogen functional groups attached to an aromatic ring is 1. The first-order valence-corrected chi connectivity index (χ1v) is 6.70. The highest BCUT2D eigenvalue weighted by molar-refractivity contribution is 7.99. The minimum atomic E-state index is -0.255. The third kappa shape index (κ3) is 1.79. The molecule has 0 aliphatic carbocycles. The molecule has 0 radical (unpaired) electrons. The van der Waals surface area contributed by atoms with Gasteiger partial charge in [0.2, 0.25) is 0 Å². The number of thioether (sulfide) groups is 1. The van der Waals surface area contributed by atoms with Crippen molar-refractivity contribution in [3.8, 4) is 6.07 Å². The Kier molecular flexibility index (Phi) is 2.76. The number of nitrogens with zero attached hydrogens (tertiary/aromatic N) is 3. The van der Waals surface area contributed by atoms with Gasteiger partial charge in [-0.15, -0.1) is 11.8 Å². The zero-order chi connectivity index (χ0) is 13.4. The van der Waals surface area contributed by atoms with Crippen molar-refractivity contribution < 1.29 is 4.79 Å². The number of fused-ring (bicyclic) bond motifs is 1. The maximum atomic E-state index is 12.5. The highest BCUT2D eigenvalue weighted by Gasteiger charge is 2.31. The second-order valence-corrected chi connectivity index (χ2v) is 5.27. The molecular weight excluding hydrogens is 260 g/mol. The molecule has 0 saturated heterocycles. The lowest BCUT2D eigenvalue weighted by atomic mass is 10.0. The van der Waals surface area contributed by atoms with Gasteiger partial charge in [-0.1, -0.05) is 18.2 Å². The fourth-order valence-electron chi connectivity index (χ4n) is 2.13. The molecule has 0 amide bonds.